The highest BCUT2D eigenvalue weighted by Crippen LogP contribution is 2.16. The molecule has 0 amide bonds. The van der Waals surface area contributed by atoms with Crippen LogP contribution in [0.4, 0.5) is 0 Å². The number of rotatable bonds is 2. The molecule has 0 spiro atoms. The number of benzene rings is 1. The molecular formula is C9H6N2OS3. The summed E-state index contributed by atoms with van der Waals surface area (Å²) in [7, 11) is 0. The van der Waals surface area contributed by atoms with Gasteiger partial charge in [-0.2, -0.15) is 0 Å². The lowest BCUT2D eigenvalue weighted by Gasteiger charge is -2.01. The fraction of sp³-hybridized carbons (Fsp3) is 0. The van der Waals surface area contributed by atoms with Crippen LogP contribution >= 0.6 is 35.8 Å². The predicted octanol–water partition coefficient (Wildman–Crippen LogP) is 2.96. The molecule has 1 N–H and O–H groups in total. The third-order valence-corrected chi connectivity index (χ3v) is 2.89. The van der Waals surface area contributed by atoms with E-state index >= 15 is 0 Å². The Morgan fingerprint density at radius 2 is 2.07 bits per heavy atom. The van der Waals surface area contributed by atoms with Gasteiger partial charge in [-0.1, -0.05) is 30.3 Å². The molecule has 76 valence electrons. The van der Waals surface area contributed by atoms with E-state index in [9.17, 15) is 0 Å². The van der Waals surface area contributed by atoms with E-state index in [1.165, 1.54) is 11.3 Å². The number of H-pyrrole nitrogens is 1. The molecular weight excluding hydrogens is 248 g/mol. The second kappa shape index (κ2) is 4.61. The van der Waals surface area contributed by atoms with Crippen molar-refractivity contribution in [3.63, 3.8) is 0 Å². The van der Waals surface area contributed by atoms with Crippen LogP contribution in [-0.4, -0.2) is 15.2 Å². The monoisotopic (exact) mass is 254 g/mol. The Kier molecular flexibility index (Phi) is 3.20. The van der Waals surface area contributed by atoms with E-state index in [4.69, 9.17) is 29.2 Å². The van der Waals surface area contributed by atoms with Gasteiger partial charge in [0.05, 0.1) is 0 Å². The Morgan fingerprint density at radius 3 is 2.67 bits per heavy atom. The first-order valence-electron chi connectivity index (χ1n) is 4.08. The average Bonchev–Trinajstić information content (AvgIpc) is 2.65. The van der Waals surface area contributed by atoms with E-state index in [1.807, 2.05) is 30.3 Å². The molecule has 0 atom stereocenters. The quantitative estimate of drug-likeness (QED) is 0.836. The van der Waals surface area contributed by atoms with Crippen LogP contribution in [0.1, 0.15) is 5.56 Å². The van der Waals surface area contributed by atoms with E-state index in [0.29, 0.717) is 14.2 Å². The highest BCUT2D eigenvalue weighted by atomic mass is 32.1. The van der Waals surface area contributed by atoms with E-state index in [0.717, 1.165) is 5.56 Å². The van der Waals surface area contributed by atoms with Gasteiger partial charge in [-0.05, 0) is 35.8 Å². The lowest BCUT2D eigenvalue weighted by molar-refractivity contribution is 0.553. The van der Waals surface area contributed by atoms with Crippen LogP contribution in [-0.2, 0) is 0 Å². The van der Waals surface area contributed by atoms with Crippen LogP contribution in [0.3, 0.4) is 0 Å². The molecule has 0 saturated heterocycles. The molecule has 0 fully saturated rings. The zero-order chi connectivity index (χ0) is 10.7. The van der Waals surface area contributed by atoms with Crippen molar-refractivity contribution >= 4 is 40.8 Å². The average molecular weight is 254 g/mol. The number of hydrogen-bond acceptors (Lipinski definition) is 5. The molecule has 3 nitrogen and oxygen atoms in total. The summed E-state index contributed by atoms with van der Waals surface area (Å²) in [5, 5.41) is 7.32. The van der Waals surface area contributed by atoms with Crippen molar-refractivity contribution in [3.8, 4) is 5.19 Å². The SMILES string of the molecule is S=C(Oc1n[nH]c(=S)s1)c1ccccc1. The molecule has 0 aliphatic rings. The number of thiocarbonyl (C=S) groups is 1. The maximum absolute atomic E-state index is 5.36. The second-order valence-corrected chi connectivity index (χ2v) is 4.63. The van der Waals surface area contributed by atoms with E-state index < -0.39 is 0 Å². The molecule has 2 aromatic rings. The Morgan fingerprint density at radius 1 is 1.33 bits per heavy atom. The van der Waals surface area contributed by atoms with Gasteiger partial charge in [-0.25, -0.2) is 0 Å². The molecule has 0 unspecified atom stereocenters. The first-order valence-corrected chi connectivity index (χ1v) is 5.72. The molecule has 0 aliphatic heterocycles. The number of nitrogens with zero attached hydrogens (tertiary/aromatic N) is 1. The van der Waals surface area contributed by atoms with Crippen LogP contribution in [0.15, 0.2) is 30.3 Å². The van der Waals surface area contributed by atoms with Gasteiger partial charge in [-0.3, -0.25) is 5.10 Å². The van der Waals surface area contributed by atoms with Crippen LogP contribution < -0.4 is 4.74 Å². The molecule has 1 aromatic carbocycles. The highest BCUT2D eigenvalue weighted by molar-refractivity contribution is 7.80. The summed E-state index contributed by atoms with van der Waals surface area (Å²) >= 11 is 11.2. The zero-order valence-corrected chi connectivity index (χ0v) is 9.92. The standard InChI is InChI=1S/C9H6N2OS3/c13-7(6-4-2-1-3-5-6)12-8-10-11-9(14)15-8/h1-5H,(H,11,14). The zero-order valence-electron chi connectivity index (χ0n) is 7.47. The molecule has 2 rings (SSSR count). The minimum atomic E-state index is 0.397. The lowest BCUT2D eigenvalue weighted by Crippen LogP contribution is -2.06. The van der Waals surface area contributed by atoms with Gasteiger partial charge in [0.2, 0.25) is 5.05 Å². The van der Waals surface area contributed by atoms with Gasteiger partial charge in [0.15, 0.2) is 3.95 Å². The molecule has 0 bridgehead atoms. The highest BCUT2D eigenvalue weighted by Gasteiger charge is 2.05. The van der Waals surface area contributed by atoms with Crippen molar-refractivity contribution in [3.05, 3.63) is 39.8 Å². The second-order valence-electron chi connectivity index (χ2n) is 2.63. The van der Waals surface area contributed by atoms with E-state index in [1.54, 1.807) is 0 Å². The first kappa shape index (κ1) is 10.4. The topological polar surface area (TPSA) is 37.9 Å². The number of nitrogens with one attached hydrogen (secondary N) is 1. The van der Waals surface area contributed by atoms with Crippen molar-refractivity contribution in [2.75, 3.05) is 0 Å². The van der Waals surface area contributed by atoms with Crippen molar-refractivity contribution < 1.29 is 4.74 Å². The van der Waals surface area contributed by atoms with Gasteiger partial charge in [-0.15, -0.1) is 5.10 Å². The van der Waals surface area contributed by atoms with Crippen molar-refractivity contribution in [1.29, 1.82) is 0 Å². The number of aromatic amines is 1. The predicted molar refractivity (Wildman–Crippen MR) is 66.1 cm³/mol. The van der Waals surface area contributed by atoms with Crippen LogP contribution in [0.2, 0.25) is 0 Å². The third kappa shape index (κ3) is 2.68. The summed E-state index contributed by atoms with van der Waals surface area (Å²) < 4.78 is 5.93. The minimum Gasteiger partial charge on any atom is -0.417 e. The number of ether oxygens (including phenoxy) is 1. The third-order valence-electron chi connectivity index (χ3n) is 1.61. The molecule has 1 aromatic heterocycles. The molecule has 6 heteroatoms. The molecule has 0 saturated carbocycles. The number of hydrogen-bond donors (Lipinski definition) is 1. The summed E-state index contributed by atoms with van der Waals surface area (Å²) in [6.07, 6.45) is 0. The largest absolute Gasteiger partial charge is 0.417 e. The molecule has 15 heavy (non-hydrogen) atoms. The smallest absolute Gasteiger partial charge is 0.299 e. The first-order chi connectivity index (χ1) is 7.25. The van der Waals surface area contributed by atoms with Gasteiger partial charge >= 0.3 is 0 Å². The Balaban J connectivity index is 2.14. The summed E-state index contributed by atoms with van der Waals surface area (Å²) in [4.78, 5) is 0. The van der Waals surface area contributed by atoms with Crippen molar-refractivity contribution in [2.24, 2.45) is 0 Å². The van der Waals surface area contributed by atoms with E-state index in [-0.39, 0.29) is 0 Å². The van der Waals surface area contributed by atoms with Crippen molar-refractivity contribution in [2.45, 2.75) is 0 Å². The van der Waals surface area contributed by atoms with Gasteiger partial charge in [0.25, 0.3) is 5.19 Å². The summed E-state index contributed by atoms with van der Waals surface area (Å²) in [6.45, 7) is 0. The Bertz CT molecular complexity index is 517. The van der Waals surface area contributed by atoms with Gasteiger partial charge in [0, 0.05) is 5.56 Å². The normalized spacial score (nSPS) is 9.87. The summed E-state index contributed by atoms with van der Waals surface area (Å²) in [5.41, 5.74) is 0.855. The minimum absolute atomic E-state index is 0.397. The summed E-state index contributed by atoms with van der Waals surface area (Å²) in [6, 6.07) is 9.49. The lowest BCUT2D eigenvalue weighted by atomic mass is 10.2. The van der Waals surface area contributed by atoms with Crippen LogP contribution in [0.25, 0.3) is 0 Å². The molecule has 0 aliphatic carbocycles. The molecule has 0 radical (unpaired) electrons. The number of aromatic nitrogens is 2. The Labute approximate surface area is 101 Å². The van der Waals surface area contributed by atoms with Crippen molar-refractivity contribution in [1.82, 2.24) is 10.2 Å². The fourth-order valence-corrected chi connectivity index (χ4v) is 1.97. The van der Waals surface area contributed by atoms with Crippen LogP contribution in [0, 0.1) is 3.95 Å². The van der Waals surface area contributed by atoms with Gasteiger partial charge in [0.1, 0.15) is 0 Å². The summed E-state index contributed by atoms with van der Waals surface area (Å²) in [5.74, 6) is 0. The van der Waals surface area contributed by atoms with E-state index in [2.05, 4.69) is 10.2 Å². The fourth-order valence-electron chi connectivity index (χ4n) is 0.972. The molecule has 1 heterocycles. The maximum Gasteiger partial charge on any atom is 0.299 e. The maximum atomic E-state index is 5.36. The Hall–Kier alpha value is -1.11. The van der Waals surface area contributed by atoms with Gasteiger partial charge < -0.3 is 4.74 Å². The van der Waals surface area contributed by atoms with Crippen LogP contribution in [0.5, 0.6) is 5.19 Å².